The van der Waals surface area contributed by atoms with E-state index in [0.29, 0.717) is 6.54 Å². The molecule has 0 aliphatic heterocycles. The van der Waals surface area contributed by atoms with Gasteiger partial charge in [0.25, 0.3) is 0 Å². The number of nitrogens with zero attached hydrogens (tertiary/aromatic N) is 1. The summed E-state index contributed by atoms with van der Waals surface area (Å²) in [6.45, 7) is 0.682. The molecule has 4 heteroatoms. The summed E-state index contributed by atoms with van der Waals surface area (Å²) in [5.74, 6) is 0.775. The second-order valence-corrected chi connectivity index (χ2v) is 3.92. The second-order valence-electron chi connectivity index (χ2n) is 3.92. The zero-order valence-electron chi connectivity index (χ0n) is 9.54. The Hall–Kier alpha value is -1.65. The van der Waals surface area contributed by atoms with Crippen LogP contribution in [0.3, 0.4) is 0 Å². The largest absolute Gasteiger partial charge is 0.447 e. The first-order valence-corrected chi connectivity index (χ1v) is 5.64. The number of benzene rings is 1. The van der Waals surface area contributed by atoms with E-state index in [-0.39, 0.29) is 12.6 Å². The Balaban J connectivity index is 1.85. The first-order chi connectivity index (χ1) is 8.38. The molecular formula is C13H16N2O2. The Morgan fingerprint density at radius 2 is 2.12 bits per heavy atom. The molecule has 90 valence electrons. The van der Waals surface area contributed by atoms with Crippen molar-refractivity contribution >= 4 is 0 Å². The van der Waals surface area contributed by atoms with Gasteiger partial charge in [-0.05, 0) is 12.0 Å². The van der Waals surface area contributed by atoms with Crippen LogP contribution in [0.5, 0.6) is 0 Å². The maximum absolute atomic E-state index is 9.31. The van der Waals surface area contributed by atoms with Gasteiger partial charge in [0.05, 0.1) is 19.3 Å². The molecule has 2 N–H and O–H groups in total. The number of nitrogens with one attached hydrogen (secondary N) is 1. The second kappa shape index (κ2) is 6.18. The Morgan fingerprint density at radius 3 is 2.76 bits per heavy atom. The first kappa shape index (κ1) is 11.8. The lowest BCUT2D eigenvalue weighted by molar-refractivity contribution is 0.238. The van der Waals surface area contributed by atoms with E-state index in [4.69, 9.17) is 4.42 Å². The Kier molecular flexibility index (Phi) is 4.30. The van der Waals surface area contributed by atoms with Gasteiger partial charge in [-0.15, -0.1) is 0 Å². The first-order valence-electron chi connectivity index (χ1n) is 5.64. The van der Waals surface area contributed by atoms with Crippen LogP contribution in [-0.2, 0) is 13.0 Å². The molecule has 1 atom stereocenters. The van der Waals surface area contributed by atoms with Crippen molar-refractivity contribution in [3.05, 3.63) is 54.2 Å². The average Bonchev–Trinajstić information content (AvgIpc) is 2.89. The SMILES string of the molecule is OC[C@@H](Cc1ccccc1)NCc1cnco1. The van der Waals surface area contributed by atoms with E-state index in [0.717, 1.165) is 12.2 Å². The van der Waals surface area contributed by atoms with Crippen LogP contribution in [0.25, 0.3) is 0 Å². The van der Waals surface area contributed by atoms with Crippen LogP contribution >= 0.6 is 0 Å². The van der Waals surface area contributed by atoms with Crippen LogP contribution in [0, 0.1) is 0 Å². The molecule has 1 heterocycles. The lowest BCUT2D eigenvalue weighted by atomic mass is 10.1. The highest BCUT2D eigenvalue weighted by atomic mass is 16.3. The molecule has 0 fully saturated rings. The fourth-order valence-electron chi connectivity index (χ4n) is 1.67. The highest BCUT2D eigenvalue weighted by molar-refractivity contribution is 5.15. The van der Waals surface area contributed by atoms with E-state index >= 15 is 0 Å². The lowest BCUT2D eigenvalue weighted by Crippen LogP contribution is -2.33. The summed E-state index contributed by atoms with van der Waals surface area (Å²) in [5.41, 5.74) is 1.21. The minimum absolute atomic E-state index is 0.0301. The van der Waals surface area contributed by atoms with Gasteiger partial charge in [-0.25, -0.2) is 4.98 Å². The molecular weight excluding hydrogens is 216 g/mol. The highest BCUT2D eigenvalue weighted by Crippen LogP contribution is 2.04. The predicted octanol–water partition coefficient (Wildman–Crippen LogP) is 1.37. The van der Waals surface area contributed by atoms with Gasteiger partial charge in [-0.1, -0.05) is 30.3 Å². The molecule has 0 saturated carbocycles. The van der Waals surface area contributed by atoms with Crippen molar-refractivity contribution in [3.8, 4) is 0 Å². The summed E-state index contributed by atoms with van der Waals surface area (Å²) < 4.78 is 5.12. The standard InChI is InChI=1S/C13H16N2O2/c16-9-12(6-11-4-2-1-3-5-11)15-8-13-7-14-10-17-13/h1-5,7,10,12,15-16H,6,8-9H2/t12-/m1/s1. The molecule has 0 amide bonds. The molecule has 2 rings (SSSR count). The van der Waals surface area contributed by atoms with Gasteiger partial charge >= 0.3 is 0 Å². The molecule has 0 aliphatic carbocycles. The van der Waals surface area contributed by atoms with Crippen LogP contribution in [-0.4, -0.2) is 22.7 Å². The number of aromatic nitrogens is 1. The van der Waals surface area contributed by atoms with Crippen LogP contribution < -0.4 is 5.32 Å². The molecule has 1 aromatic carbocycles. The lowest BCUT2D eigenvalue weighted by Gasteiger charge is -2.15. The van der Waals surface area contributed by atoms with E-state index in [2.05, 4.69) is 22.4 Å². The van der Waals surface area contributed by atoms with Crippen LogP contribution in [0.1, 0.15) is 11.3 Å². The summed E-state index contributed by atoms with van der Waals surface area (Å²) >= 11 is 0. The fourth-order valence-corrected chi connectivity index (χ4v) is 1.67. The van der Waals surface area contributed by atoms with Crippen LogP contribution in [0.4, 0.5) is 0 Å². The minimum atomic E-state index is 0.0301. The predicted molar refractivity (Wildman–Crippen MR) is 64.4 cm³/mol. The van der Waals surface area contributed by atoms with Crippen molar-refractivity contribution in [3.63, 3.8) is 0 Å². The summed E-state index contributed by atoms with van der Waals surface area (Å²) in [7, 11) is 0. The molecule has 0 spiro atoms. The van der Waals surface area contributed by atoms with Gasteiger partial charge in [-0.3, -0.25) is 0 Å². The molecule has 4 nitrogen and oxygen atoms in total. The van der Waals surface area contributed by atoms with E-state index in [1.165, 1.54) is 12.0 Å². The Morgan fingerprint density at radius 1 is 1.29 bits per heavy atom. The van der Waals surface area contributed by atoms with Crippen LogP contribution in [0.2, 0.25) is 0 Å². The number of aliphatic hydroxyl groups excluding tert-OH is 1. The number of hydrogen-bond acceptors (Lipinski definition) is 4. The van der Waals surface area contributed by atoms with E-state index in [1.807, 2.05) is 18.2 Å². The molecule has 0 saturated heterocycles. The average molecular weight is 232 g/mol. The summed E-state index contributed by atoms with van der Waals surface area (Å²) in [6.07, 6.45) is 3.87. The van der Waals surface area contributed by atoms with E-state index in [1.54, 1.807) is 6.20 Å². The summed E-state index contributed by atoms with van der Waals surface area (Å²) in [5, 5.41) is 12.5. The van der Waals surface area contributed by atoms with Crippen LogP contribution in [0.15, 0.2) is 47.3 Å². The molecule has 1 aromatic heterocycles. The molecule has 0 unspecified atom stereocenters. The van der Waals surface area contributed by atoms with Gasteiger partial charge in [0.1, 0.15) is 5.76 Å². The molecule has 0 aliphatic rings. The minimum Gasteiger partial charge on any atom is -0.447 e. The normalized spacial score (nSPS) is 12.5. The number of oxazole rings is 1. The topological polar surface area (TPSA) is 58.3 Å². The van der Waals surface area contributed by atoms with Crippen molar-refractivity contribution in [2.24, 2.45) is 0 Å². The third kappa shape index (κ3) is 3.69. The number of aliphatic hydroxyl groups is 1. The zero-order valence-corrected chi connectivity index (χ0v) is 9.54. The number of hydrogen-bond donors (Lipinski definition) is 2. The maximum Gasteiger partial charge on any atom is 0.180 e. The van der Waals surface area contributed by atoms with Gasteiger partial charge in [0, 0.05) is 6.04 Å². The quantitative estimate of drug-likeness (QED) is 0.789. The van der Waals surface area contributed by atoms with Gasteiger partial charge in [0.2, 0.25) is 0 Å². The van der Waals surface area contributed by atoms with Crippen molar-refractivity contribution in [1.82, 2.24) is 10.3 Å². The molecule has 2 aromatic rings. The number of rotatable bonds is 6. The summed E-state index contributed by atoms with van der Waals surface area (Å²) in [4.78, 5) is 3.84. The maximum atomic E-state index is 9.31. The van der Waals surface area contributed by atoms with Crippen molar-refractivity contribution < 1.29 is 9.52 Å². The molecule has 0 radical (unpaired) electrons. The summed E-state index contributed by atoms with van der Waals surface area (Å²) in [6, 6.07) is 10.1. The molecule has 0 bridgehead atoms. The highest BCUT2D eigenvalue weighted by Gasteiger charge is 2.08. The monoisotopic (exact) mass is 232 g/mol. The Bertz CT molecular complexity index is 414. The third-order valence-corrected chi connectivity index (χ3v) is 2.59. The van der Waals surface area contributed by atoms with Gasteiger partial charge in [0.15, 0.2) is 6.39 Å². The van der Waals surface area contributed by atoms with Crippen molar-refractivity contribution in [1.29, 1.82) is 0 Å². The van der Waals surface area contributed by atoms with Crippen molar-refractivity contribution in [2.45, 2.75) is 19.0 Å². The fraction of sp³-hybridized carbons (Fsp3) is 0.308. The zero-order chi connectivity index (χ0) is 11.9. The van der Waals surface area contributed by atoms with E-state index < -0.39 is 0 Å². The van der Waals surface area contributed by atoms with Crippen molar-refractivity contribution in [2.75, 3.05) is 6.61 Å². The smallest absolute Gasteiger partial charge is 0.180 e. The molecule has 17 heavy (non-hydrogen) atoms. The third-order valence-electron chi connectivity index (χ3n) is 2.59. The Labute approximate surface area is 100 Å². The van der Waals surface area contributed by atoms with Gasteiger partial charge < -0.3 is 14.8 Å². The van der Waals surface area contributed by atoms with E-state index in [9.17, 15) is 5.11 Å². The van der Waals surface area contributed by atoms with Gasteiger partial charge in [-0.2, -0.15) is 0 Å².